The molecule has 4 rings (SSSR count). The zero-order valence-corrected chi connectivity index (χ0v) is 20.1. The summed E-state index contributed by atoms with van der Waals surface area (Å²) in [4.78, 5) is 21.1. The molecular weight excluding hydrogens is 436 g/mol. The van der Waals surface area contributed by atoms with Crippen LogP contribution in [-0.2, 0) is 21.2 Å². The predicted octanol–water partition coefficient (Wildman–Crippen LogP) is 4.18. The van der Waals surface area contributed by atoms with Crippen LogP contribution in [0.3, 0.4) is 0 Å². The molecule has 0 radical (unpaired) electrons. The second-order valence-corrected chi connectivity index (χ2v) is 10.8. The Morgan fingerprint density at radius 1 is 1.12 bits per heavy atom. The molecule has 1 aliphatic heterocycles. The summed E-state index contributed by atoms with van der Waals surface area (Å²) < 4.78 is 26.9. The fourth-order valence-corrected chi connectivity index (χ4v) is 5.76. The predicted molar refractivity (Wildman–Crippen MR) is 129 cm³/mol. The van der Waals surface area contributed by atoms with Gasteiger partial charge in [0.25, 0.3) is 0 Å². The van der Waals surface area contributed by atoms with Crippen molar-refractivity contribution in [1.82, 2.24) is 19.6 Å². The molecule has 1 saturated heterocycles. The Kier molecular flexibility index (Phi) is 7.14. The zero-order chi connectivity index (χ0) is 23.4. The van der Waals surface area contributed by atoms with E-state index in [1.54, 1.807) is 16.4 Å². The highest BCUT2D eigenvalue weighted by Gasteiger charge is 2.27. The molecule has 2 N–H and O–H groups in total. The van der Waals surface area contributed by atoms with E-state index in [2.05, 4.69) is 29.1 Å². The van der Waals surface area contributed by atoms with Crippen molar-refractivity contribution in [3.05, 3.63) is 59.9 Å². The summed E-state index contributed by atoms with van der Waals surface area (Å²) >= 11 is 0. The van der Waals surface area contributed by atoms with E-state index in [0.717, 1.165) is 41.7 Å². The summed E-state index contributed by atoms with van der Waals surface area (Å²) in [5, 5.41) is 3.15. The van der Waals surface area contributed by atoms with E-state index in [1.165, 1.54) is 0 Å². The highest BCUT2D eigenvalue weighted by atomic mass is 32.2. The Hall–Kier alpha value is -2.71. The molecular formula is C25H32N4O3S. The van der Waals surface area contributed by atoms with Gasteiger partial charge in [0.05, 0.1) is 22.0 Å². The molecule has 2 unspecified atom stereocenters. The number of fused-ring (bicyclic) bond motifs is 1. The number of nitrogens with zero attached hydrogens (tertiary/aromatic N) is 2. The van der Waals surface area contributed by atoms with E-state index in [1.807, 2.05) is 36.4 Å². The number of amides is 1. The van der Waals surface area contributed by atoms with Gasteiger partial charge in [-0.15, -0.1) is 0 Å². The van der Waals surface area contributed by atoms with Crippen LogP contribution in [0.2, 0.25) is 0 Å². The van der Waals surface area contributed by atoms with Crippen LogP contribution in [0.1, 0.15) is 57.0 Å². The molecule has 1 aromatic heterocycles. The molecule has 1 amide bonds. The minimum Gasteiger partial charge on any atom is -0.346 e. The minimum atomic E-state index is -3.41. The van der Waals surface area contributed by atoms with Crippen molar-refractivity contribution in [3.8, 4) is 0 Å². The first kappa shape index (κ1) is 23.4. The second kappa shape index (κ2) is 10.1. The van der Waals surface area contributed by atoms with Gasteiger partial charge in [-0.1, -0.05) is 44.5 Å². The van der Waals surface area contributed by atoms with E-state index in [-0.39, 0.29) is 17.9 Å². The Balaban J connectivity index is 1.39. The van der Waals surface area contributed by atoms with E-state index in [4.69, 9.17) is 0 Å². The Bertz CT molecular complexity index is 1160. The maximum atomic E-state index is 12.8. The maximum Gasteiger partial charge on any atom is 0.243 e. The van der Waals surface area contributed by atoms with E-state index in [0.29, 0.717) is 30.8 Å². The number of carbonyl (C=O) groups is 1. The van der Waals surface area contributed by atoms with E-state index >= 15 is 0 Å². The molecule has 8 heteroatoms. The van der Waals surface area contributed by atoms with E-state index in [9.17, 15) is 13.2 Å². The number of H-pyrrole nitrogens is 1. The van der Waals surface area contributed by atoms with Crippen molar-refractivity contribution >= 4 is 27.0 Å². The van der Waals surface area contributed by atoms with Gasteiger partial charge in [0.15, 0.2) is 0 Å². The highest BCUT2D eigenvalue weighted by Crippen LogP contribution is 2.25. The molecule has 1 fully saturated rings. The summed E-state index contributed by atoms with van der Waals surface area (Å²) in [5.74, 6) is 0.953. The van der Waals surface area contributed by atoms with Crippen LogP contribution in [0, 0.1) is 5.92 Å². The molecule has 2 atom stereocenters. The van der Waals surface area contributed by atoms with Crippen molar-refractivity contribution in [3.63, 3.8) is 0 Å². The second-order valence-electron chi connectivity index (χ2n) is 8.83. The molecule has 0 bridgehead atoms. The number of benzene rings is 2. The molecule has 1 aliphatic rings. The number of hydrogen-bond acceptors (Lipinski definition) is 4. The van der Waals surface area contributed by atoms with Crippen LogP contribution in [-0.4, -0.2) is 41.7 Å². The van der Waals surface area contributed by atoms with Crippen LogP contribution in [0.4, 0.5) is 0 Å². The molecule has 0 saturated carbocycles. The number of hydrogen-bond donors (Lipinski definition) is 2. The van der Waals surface area contributed by atoms with Crippen molar-refractivity contribution in [2.75, 3.05) is 13.1 Å². The van der Waals surface area contributed by atoms with Crippen LogP contribution >= 0.6 is 0 Å². The first-order valence-electron chi connectivity index (χ1n) is 11.7. The Morgan fingerprint density at radius 2 is 1.82 bits per heavy atom. The Morgan fingerprint density at radius 3 is 2.48 bits per heavy atom. The number of para-hydroxylation sites is 2. The average Bonchev–Trinajstić information content (AvgIpc) is 3.51. The molecule has 3 aromatic rings. The standard InChI is InChI=1S/C25H32N4O3S/c1-3-18(2)24(25-26-21-8-4-5-9-22(21)27-25)28-23(30)15-12-19-10-13-20(14-11-19)33(31,32)29-16-6-7-17-29/h4-5,8-11,13-14,18,24H,3,6-7,12,15-17H2,1-2H3,(H,26,27)(H,28,30). The van der Waals surface area contributed by atoms with Crippen LogP contribution in [0.5, 0.6) is 0 Å². The molecule has 7 nitrogen and oxygen atoms in total. The topological polar surface area (TPSA) is 95.2 Å². The SMILES string of the molecule is CCC(C)C(NC(=O)CCc1ccc(S(=O)(=O)N2CCCC2)cc1)c1nc2ccccc2[nH]1. The number of rotatable bonds is 9. The molecule has 176 valence electrons. The van der Waals surface area contributed by atoms with Crippen LogP contribution in [0.25, 0.3) is 11.0 Å². The number of aryl methyl sites for hydroxylation is 1. The molecule has 0 aliphatic carbocycles. The normalized spacial score (nSPS) is 16.7. The van der Waals surface area contributed by atoms with Gasteiger partial charge in [-0.05, 0) is 55.0 Å². The Labute approximate surface area is 195 Å². The maximum absolute atomic E-state index is 12.8. The molecule has 33 heavy (non-hydrogen) atoms. The number of carbonyl (C=O) groups excluding carboxylic acids is 1. The van der Waals surface area contributed by atoms with Gasteiger partial charge in [0.1, 0.15) is 5.82 Å². The third-order valence-electron chi connectivity index (χ3n) is 6.50. The quantitative estimate of drug-likeness (QED) is 0.492. The lowest BCUT2D eigenvalue weighted by atomic mass is 9.98. The van der Waals surface area contributed by atoms with Crippen molar-refractivity contribution in [1.29, 1.82) is 0 Å². The van der Waals surface area contributed by atoms with Gasteiger partial charge in [0.2, 0.25) is 15.9 Å². The lowest BCUT2D eigenvalue weighted by Crippen LogP contribution is -2.33. The van der Waals surface area contributed by atoms with Crippen molar-refractivity contribution < 1.29 is 13.2 Å². The lowest BCUT2D eigenvalue weighted by molar-refractivity contribution is -0.122. The molecule has 0 spiro atoms. The lowest BCUT2D eigenvalue weighted by Gasteiger charge is -2.22. The van der Waals surface area contributed by atoms with Gasteiger partial charge in [-0.2, -0.15) is 4.31 Å². The zero-order valence-electron chi connectivity index (χ0n) is 19.3. The van der Waals surface area contributed by atoms with Gasteiger partial charge >= 0.3 is 0 Å². The molecule has 2 aromatic carbocycles. The smallest absolute Gasteiger partial charge is 0.243 e. The highest BCUT2D eigenvalue weighted by molar-refractivity contribution is 7.89. The van der Waals surface area contributed by atoms with E-state index < -0.39 is 10.0 Å². The summed E-state index contributed by atoms with van der Waals surface area (Å²) in [7, 11) is -3.41. The average molecular weight is 469 g/mol. The number of aromatic nitrogens is 2. The number of sulfonamides is 1. The van der Waals surface area contributed by atoms with Gasteiger partial charge in [-0.3, -0.25) is 4.79 Å². The van der Waals surface area contributed by atoms with Gasteiger partial charge in [0, 0.05) is 19.5 Å². The van der Waals surface area contributed by atoms with Crippen molar-refractivity contribution in [2.45, 2.75) is 56.9 Å². The van der Waals surface area contributed by atoms with Crippen LogP contribution in [0.15, 0.2) is 53.4 Å². The summed E-state index contributed by atoms with van der Waals surface area (Å²) in [5.41, 5.74) is 2.78. The third-order valence-corrected chi connectivity index (χ3v) is 8.41. The largest absolute Gasteiger partial charge is 0.346 e. The number of nitrogens with one attached hydrogen (secondary N) is 2. The fraction of sp³-hybridized carbons (Fsp3) is 0.440. The number of imidazole rings is 1. The van der Waals surface area contributed by atoms with Crippen molar-refractivity contribution in [2.24, 2.45) is 5.92 Å². The van der Waals surface area contributed by atoms with Gasteiger partial charge in [-0.25, -0.2) is 13.4 Å². The fourth-order valence-electron chi connectivity index (χ4n) is 4.24. The monoisotopic (exact) mass is 468 g/mol. The van der Waals surface area contributed by atoms with Gasteiger partial charge < -0.3 is 10.3 Å². The summed E-state index contributed by atoms with van der Waals surface area (Å²) in [6, 6.07) is 14.6. The summed E-state index contributed by atoms with van der Waals surface area (Å²) in [6.07, 6.45) is 3.61. The third kappa shape index (κ3) is 5.28. The summed E-state index contributed by atoms with van der Waals surface area (Å²) in [6.45, 7) is 5.39. The number of aromatic amines is 1. The first-order chi connectivity index (χ1) is 15.9. The minimum absolute atomic E-state index is 0.0467. The molecule has 2 heterocycles. The van der Waals surface area contributed by atoms with Crippen LogP contribution < -0.4 is 5.32 Å². The first-order valence-corrected chi connectivity index (χ1v) is 13.2.